The highest BCUT2D eigenvalue weighted by atomic mass is 16.4. The molecule has 0 aliphatic heterocycles. The average molecular weight is 256 g/mol. The van der Waals surface area contributed by atoms with Crippen LogP contribution in [0, 0.1) is 11.3 Å². The molecule has 1 N–H and O–H groups in total. The molecule has 0 amide bonds. The van der Waals surface area contributed by atoms with Gasteiger partial charge >= 0.3 is 0 Å². The number of nitrogens with one attached hydrogen (secondary N) is 1. The van der Waals surface area contributed by atoms with E-state index in [2.05, 4.69) is 28.5 Å². The molecule has 5 heteroatoms. The van der Waals surface area contributed by atoms with E-state index < -0.39 is 0 Å². The summed E-state index contributed by atoms with van der Waals surface area (Å²) in [6.07, 6.45) is 1.75. The van der Waals surface area contributed by atoms with Gasteiger partial charge in [0.05, 0.1) is 11.6 Å². The standard InChI is InChI=1S/C14H16N4O/c1-2-16-9-3-4-13-17-18-14(19-13)12-7-5-11(10-15)6-8-12/h5-8,16H,2-4,9H2,1H3. The monoisotopic (exact) mass is 256 g/mol. The highest BCUT2D eigenvalue weighted by Gasteiger charge is 2.08. The van der Waals surface area contributed by atoms with Crippen LogP contribution in [0.1, 0.15) is 24.8 Å². The zero-order chi connectivity index (χ0) is 13.5. The number of hydrogen-bond acceptors (Lipinski definition) is 5. The van der Waals surface area contributed by atoms with E-state index in [0.717, 1.165) is 31.5 Å². The van der Waals surface area contributed by atoms with Gasteiger partial charge in [-0.2, -0.15) is 5.26 Å². The van der Waals surface area contributed by atoms with Crippen molar-refractivity contribution in [3.63, 3.8) is 0 Å². The van der Waals surface area contributed by atoms with Crippen molar-refractivity contribution < 1.29 is 4.42 Å². The van der Waals surface area contributed by atoms with E-state index >= 15 is 0 Å². The van der Waals surface area contributed by atoms with Gasteiger partial charge in [-0.05, 0) is 43.8 Å². The Morgan fingerprint density at radius 2 is 2.05 bits per heavy atom. The van der Waals surface area contributed by atoms with Crippen LogP contribution in [0.3, 0.4) is 0 Å². The second-order valence-corrected chi connectivity index (χ2v) is 4.15. The molecule has 1 aromatic carbocycles. The molecule has 0 saturated carbocycles. The summed E-state index contributed by atoms with van der Waals surface area (Å²) in [5.74, 6) is 1.15. The van der Waals surface area contributed by atoms with Gasteiger partial charge in [0.2, 0.25) is 11.8 Å². The molecule has 2 rings (SSSR count). The summed E-state index contributed by atoms with van der Waals surface area (Å²) >= 11 is 0. The summed E-state index contributed by atoms with van der Waals surface area (Å²) in [4.78, 5) is 0. The molecule has 0 spiro atoms. The average Bonchev–Trinajstić information content (AvgIpc) is 2.92. The van der Waals surface area contributed by atoms with E-state index in [-0.39, 0.29) is 0 Å². The van der Waals surface area contributed by atoms with Crippen molar-refractivity contribution in [1.82, 2.24) is 15.5 Å². The maximum Gasteiger partial charge on any atom is 0.247 e. The van der Waals surface area contributed by atoms with Crippen LogP contribution in [0.5, 0.6) is 0 Å². The summed E-state index contributed by atoms with van der Waals surface area (Å²) < 4.78 is 5.59. The molecule has 0 unspecified atom stereocenters. The minimum absolute atomic E-state index is 0.503. The maximum absolute atomic E-state index is 8.74. The molecule has 0 aliphatic carbocycles. The molecule has 0 atom stereocenters. The summed E-state index contributed by atoms with van der Waals surface area (Å²) in [6.45, 7) is 4.00. The Morgan fingerprint density at radius 1 is 1.26 bits per heavy atom. The van der Waals surface area contributed by atoms with Crippen LogP contribution in [0.4, 0.5) is 0 Å². The Labute approximate surface area is 112 Å². The van der Waals surface area contributed by atoms with Crippen LogP contribution in [0.25, 0.3) is 11.5 Å². The molecular formula is C14H16N4O. The number of rotatable bonds is 6. The quantitative estimate of drug-likeness (QED) is 0.801. The normalized spacial score (nSPS) is 10.3. The molecule has 5 nitrogen and oxygen atoms in total. The van der Waals surface area contributed by atoms with E-state index in [4.69, 9.17) is 9.68 Å². The summed E-state index contributed by atoms with van der Waals surface area (Å²) in [5, 5.41) is 20.0. The second-order valence-electron chi connectivity index (χ2n) is 4.15. The number of benzene rings is 1. The van der Waals surface area contributed by atoms with Gasteiger partial charge in [-0.3, -0.25) is 0 Å². The first-order valence-corrected chi connectivity index (χ1v) is 6.37. The Morgan fingerprint density at radius 3 is 2.74 bits per heavy atom. The first kappa shape index (κ1) is 13.2. The van der Waals surface area contributed by atoms with Crippen LogP contribution in [-0.2, 0) is 6.42 Å². The third-order valence-corrected chi connectivity index (χ3v) is 2.72. The first-order chi connectivity index (χ1) is 9.33. The second kappa shape index (κ2) is 6.66. The van der Waals surface area contributed by atoms with E-state index in [1.807, 2.05) is 12.1 Å². The smallest absolute Gasteiger partial charge is 0.247 e. The van der Waals surface area contributed by atoms with Crippen molar-refractivity contribution >= 4 is 0 Å². The van der Waals surface area contributed by atoms with Gasteiger partial charge in [-0.15, -0.1) is 10.2 Å². The lowest BCUT2D eigenvalue weighted by Crippen LogP contribution is -2.14. The lowest BCUT2D eigenvalue weighted by molar-refractivity contribution is 0.492. The van der Waals surface area contributed by atoms with Crippen LogP contribution in [0.15, 0.2) is 28.7 Å². The summed E-state index contributed by atoms with van der Waals surface area (Å²) in [5.41, 5.74) is 1.46. The Kier molecular flexibility index (Phi) is 4.65. The number of hydrogen-bond donors (Lipinski definition) is 1. The number of nitriles is 1. The SMILES string of the molecule is CCNCCCc1nnc(-c2ccc(C#N)cc2)o1. The molecule has 0 aliphatic rings. The lowest BCUT2D eigenvalue weighted by Gasteiger charge is -1.97. The van der Waals surface area contributed by atoms with Crippen molar-refractivity contribution in [2.45, 2.75) is 19.8 Å². The highest BCUT2D eigenvalue weighted by Crippen LogP contribution is 2.18. The third-order valence-electron chi connectivity index (χ3n) is 2.72. The van der Waals surface area contributed by atoms with E-state index in [9.17, 15) is 0 Å². The maximum atomic E-state index is 8.74. The van der Waals surface area contributed by atoms with Gasteiger partial charge in [0.25, 0.3) is 0 Å². The van der Waals surface area contributed by atoms with Gasteiger partial charge < -0.3 is 9.73 Å². The summed E-state index contributed by atoms with van der Waals surface area (Å²) in [6, 6.07) is 9.19. The van der Waals surface area contributed by atoms with Crippen molar-refractivity contribution in [2.75, 3.05) is 13.1 Å². The molecule has 19 heavy (non-hydrogen) atoms. The topological polar surface area (TPSA) is 74.7 Å². The number of aryl methyl sites for hydroxylation is 1. The van der Waals surface area contributed by atoms with E-state index in [1.54, 1.807) is 12.1 Å². The molecule has 98 valence electrons. The largest absolute Gasteiger partial charge is 0.421 e. The predicted octanol–water partition coefficient (Wildman–Crippen LogP) is 2.15. The molecule has 0 bridgehead atoms. The molecule has 0 fully saturated rings. The van der Waals surface area contributed by atoms with E-state index in [1.165, 1.54) is 0 Å². The fraction of sp³-hybridized carbons (Fsp3) is 0.357. The Hall–Kier alpha value is -2.19. The van der Waals surface area contributed by atoms with Crippen molar-refractivity contribution in [3.8, 4) is 17.5 Å². The van der Waals surface area contributed by atoms with Gasteiger partial charge in [0.15, 0.2) is 0 Å². The molecule has 0 saturated heterocycles. The molecule has 0 radical (unpaired) electrons. The van der Waals surface area contributed by atoms with Crippen molar-refractivity contribution in [1.29, 1.82) is 5.26 Å². The van der Waals surface area contributed by atoms with Crippen molar-refractivity contribution in [3.05, 3.63) is 35.7 Å². The lowest BCUT2D eigenvalue weighted by atomic mass is 10.1. The molecule has 2 aromatic rings. The van der Waals surface area contributed by atoms with Crippen LogP contribution < -0.4 is 5.32 Å². The first-order valence-electron chi connectivity index (χ1n) is 6.37. The van der Waals surface area contributed by atoms with Crippen LogP contribution in [0.2, 0.25) is 0 Å². The zero-order valence-corrected chi connectivity index (χ0v) is 10.9. The van der Waals surface area contributed by atoms with Gasteiger partial charge in [0.1, 0.15) is 0 Å². The minimum atomic E-state index is 0.503. The minimum Gasteiger partial charge on any atom is -0.421 e. The van der Waals surface area contributed by atoms with Gasteiger partial charge in [-0.1, -0.05) is 6.92 Å². The van der Waals surface area contributed by atoms with Crippen LogP contribution in [-0.4, -0.2) is 23.3 Å². The molecule has 1 aromatic heterocycles. The van der Waals surface area contributed by atoms with Gasteiger partial charge in [-0.25, -0.2) is 0 Å². The highest BCUT2D eigenvalue weighted by molar-refractivity contribution is 5.54. The molecular weight excluding hydrogens is 240 g/mol. The third kappa shape index (κ3) is 3.63. The number of aromatic nitrogens is 2. The fourth-order valence-corrected chi connectivity index (χ4v) is 1.70. The van der Waals surface area contributed by atoms with Gasteiger partial charge in [0, 0.05) is 12.0 Å². The fourth-order valence-electron chi connectivity index (χ4n) is 1.70. The van der Waals surface area contributed by atoms with Crippen LogP contribution >= 0.6 is 0 Å². The zero-order valence-electron chi connectivity index (χ0n) is 10.9. The van der Waals surface area contributed by atoms with E-state index in [0.29, 0.717) is 17.3 Å². The summed E-state index contributed by atoms with van der Waals surface area (Å²) in [7, 11) is 0. The Bertz CT molecular complexity index is 554. The number of nitrogens with zero attached hydrogens (tertiary/aromatic N) is 3. The molecule has 1 heterocycles. The Balaban J connectivity index is 1.98. The van der Waals surface area contributed by atoms with Crippen molar-refractivity contribution in [2.24, 2.45) is 0 Å². The predicted molar refractivity (Wildman–Crippen MR) is 71.3 cm³/mol.